The summed E-state index contributed by atoms with van der Waals surface area (Å²) in [5, 5.41) is 0. The second kappa shape index (κ2) is 4.86. The summed E-state index contributed by atoms with van der Waals surface area (Å²) in [5.74, 6) is 0.566. The molecule has 0 radical (unpaired) electrons. The molecule has 3 rings (SSSR count). The van der Waals surface area contributed by atoms with Crippen LogP contribution in [0.25, 0.3) is 0 Å². The molecule has 6 heteroatoms. The second-order valence-electron chi connectivity index (χ2n) is 6.28. The van der Waals surface area contributed by atoms with Gasteiger partial charge in [-0.05, 0) is 45.1 Å². The normalized spacial score (nSPS) is 26.8. The molecule has 0 aromatic carbocycles. The van der Waals surface area contributed by atoms with E-state index >= 15 is 0 Å². The molecule has 2 bridgehead atoms. The largest absolute Gasteiger partial charge is 0.346 e. The zero-order valence-electron chi connectivity index (χ0n) is 12.1. The summed E-state index contributed by atoms with van der Waals surface area (Å²) in [6, 6.07) is 2.17. The highest BCUT2D eigenvalue weighted by atomic mass is 32.2. The number of hydrogen-bond donors (Lipinski definition) is 1. The van der Waals surface area contributed by atoms with Crippen LogP contribution < -0.4 is 5.73 Å². The quantitative estimate of drug-likeness (QED) is 0.919. The van der Waals surface area contributed by atoms with Gasteiger partial charge in [-0.2, -0.15) is 4.31 Å². The first-order valence-electron chi connectivity index (χ1n) is 7.36. The fourth-order valence-corrected chi connectivity index (χ4v) is 5.38. The highest BCUT2D eigenvalue weighted by Crippen LogP contribution is 2.40. The van der Waals surface area contributed by atoms with E-state index in [0.29, 0.717) is 23.9 Å². The van der Waals surface area contributed by atoms with E-state index < -0.39 is 10.0 Å². The van der Waals surface area contributed by atoms with Gasteiger partial charge in [-0.3, -0.25) is 0 Å². The Morgan fingerprint density at radius 2 is 2.15 bits per heavy atom. The average Bonchev–Trinajstić information content (AvgIpc) is 3.12. The smallest absolute Gasteiger partial charge is 0.244 e. The van der Waals surface area contributed by atoms with Crippen molar-refractivity contribution in [3.8, 4) is 0 Å². The van der Waals surface area contributed by atoms with E-state index in [1.165, 1.54) is 6.42 Å². The van der Waals surface area contributed by atoms with Gasteiger partial charge in [-0.15, -0.1) is 0 Å². The molecule has 0 spiro atoms. The lowest BCUT2D eigenvalue weighted by molar-refractivity contribution is 0.333. The molecule has 20 heavy (non-hydrogen) atoms. The minimum Gasteiger partial charge on any atom is -0.346 e. The van der Waals surface area contributed by atoms with Crippen molar-refractivity contribution in [2.24, 2.45) is 11.7 Å². The zero-order valence-corrected chi connectivity index (χ0v) is 12.9. The number of aromatic nitrogens is 1. The van der Waals surface area contributed by atoms with Gasteiger partial charge in [-0.1, -0.05) is 0 Å². The molecule has 2 unspecified atom stereocenters. The predicted molar refractivity (Wildman–Crippen MR) is 77.7 cm³/mol. The first-order valence-corrected chi connectivity index (χ1v) is 8.80. The summed E-state index contributed by atoms with van der Waals surface area (Å²) in [4.78, 5) is 0.402. The van der Waals surface area contributed by atoms with Gasteiger partial charge in [0.2, 0.25) is 10.0 Å². The topological polar surface area (TPSA) is 68.3 Å². The Morgan fingerprint density at radius 3 is 2.60 bits per heavy atom. The molecule has 1 aromatic heterocycles. The van der Waals surface area contributed by atoms with E-state index in [1.807, 2.05) is 18.4 Å². The molecule has 1 saturated carbocycles. The monoisotopic (exact) mass is 297 g/mol. The van der Waals surface area contributed by atoms with Gasteiger partial charge in [0.1, 0.15) is 4.90 Å². The molecule has 2 heterocycles. The summed E-state index contributed by atoms with van der Waals surface area (Å²) in [5.41, 5.74) is 6.61. The molecule has 1 aromatic rings. The van der Waals surface area contributed by atoms with Gasteiger partial charge < -0.3 is 10.3 Å². The van der Waals surface area contributed by atoms with Gasteiger partial charge in [0.15, 0.2) is 0 Å². The number of rotatable bonds is 4. The van der Waals surface area contributed by atoms with E-state index in [0.717, 1.165) is 18.5 Å². The summed E-state index contributed by atoms with van der Waals surface area (Å²) in [6.45, 7) is 5.12. The van der Waals surface area contributed by atoms with E-state index in [-0.39, 0.29) is 12.1 Å². The van der Waals surface area contributed by atoms with Gasteiger partial charge in [0.25, 0.3) is 0 Å². The number of nitrogens with two attached hydrogens (primary N) is 1. The van der Waals surface area contributed by atoms with Crippen LogP contribution in [0.15, 0.2) is 17.2 Å². The Labute approximate surface area is 120 Å². The molecule has 1 aliphatic heterocycles. The highest BCUT2D eigenvalue weighted by molar-refractivity contribution is 7.89. The van der Waals surface area contributed by atoms with Crippen molar-refractivity contribution in [1.82, 2.24) is 8.87 Å². The van der Waals surface area contributed by atoms with Crippen LogP contribution in [-0.2, 0) is 16.6 Å². The molecule has 2 atom stereocenters. The lowest BCUT2D eigenvalue weighted by Gasteiger charge is -2.25. The summed E-state index contributed by atoms with van der Waals surface area (Å²) < 4.78 is 29.3. The molecule has 2 N–H and O–H groups in total. The van der Waals surface area contributed by atoms with E-state index in [9.17, 15) is 8.42 Å². The Kier molecular flexibility index (Phi) is 3.43. The van der Waals surface area contributed by atoms with Crippen LogP contribution in [0.3, 0.4) is 0 Å². The van der Waals surface area contributed by atoms with Crippen molar-refractivity contribution < 1.29 is 8.42 Å². The van der Waals surface area contributed by atoms with Crippen molar-refractivity contribution in [2.75, 3.05) is 6.54 Å². The molecule has 5 nitrogen and oxygen atoms in total. The van der Waals surface area contributed by atoms with Crippen molar-refractivity contribution in [3.05, 3.63) is 18.0 Å². The van der Waals surface area contributed by atoms with Crippen molar-refractivity contribution >= 4 is 10.0 Å². The minimum absolute atomic E-state index is 0.215. The highest BCUT2D eigenvalue weighted by Gasteiger charge is 2.44. The van der Waals surface area contributed by atoms with Crippen LogP contribution in [0.5, 0.6) is 0 Å². The molecular formula is C14H23N3O2S. The van der Waals surface area contributed by atoms with Crippen LogP contribution in [0.4, 0.5) is 0 Å². The van der Waals surface area contributed by atoms with Crippen molar-refractivity contribution in [3.63, 3.8) is 0 Å². The SMILES string of the molecule is CC(C)n1cc(S(=O)(=O)N2CC3CCC2C3)cc1CN. The fourth-order valence-electron chi connectivity index (χ4n) is 3.59. The van der Waals surface area contributed by atoms with Gasteiger partial charge >= 0.3 is 0 Å². The fraction of sp³-hybridized carbons (Fsp3) is 0.714. The predicted octanol–water partition coefficient (Wildman–Crippen LogP) is 1.70. The van der Waals surface area contributed by atoms with Gasteiger partial charge in [0.05, 0.1) is 0 Å². The molecule has 1 aliphatic carbocycles. The Hall–Kier alpha value is -0.850. The van der Waals surface area contributed by atoms with E-state index in [2.05, 4.69) is 0 Å². The van der Waals surface area contributed by atoms with Crippen LogP contribution in [0.2, 0.25) is 0 Å². The number of nitrogens with zero attached hydrogens (tertiary/aromatic N) is 2. The Bertz CT molecular complexity index is 606. The second-order valence-corrected chi connectivity index (χ2v) is 8.17. The minimum atomic E-state index is -3.36. The summed E-state index contributed by atoms with van der Waals surface area (Å²) >= 11 is 0. The first kappa shape index (κ1) is 14.1. The standard InChI is InChI=1S/C14H23N3O2S/c1-10(2)16-9-14(6-13(16)7-15)20(18,19)17-8-11-3-4-12(17)5-11/h6,9-12H,3-5,7-8,15H2,1-2H3. The maximum absolute atomic E-state index is 12.8. The number of fused-ring (bicyclic) bond motifs is 2. The summed E-state index contributed by atoms with van der Waals surface area (Å²) in [7, 11) is -3.36. The Balaban J connectivity index is 1.95. The summed E-state index contributed by atoms with van der Waals surface area (Å²) in [6.07, 6.45) is 4.97. The molecule has 1 saturated heterocycles. The van der Waals surface area contributed by atoms with Crippen molar-refractivity contribution in [2.45, 2.75) is 56.6 Å². The number of piperidine rings is 1. The average molecular weight is 297 g/mol. The van der Waals surface area contributed by atoms with Gasteiger partial charge in [0, 0.05) is 37.1 Å². The third kappa shape index (κ3) is 2.10. The molecule has 112 valence electrons. The Morgan fingerprint density at radius 1 is 1.40 bits per heavy atom. The molecule has 2 aliphatic rings. The molecular weight excluding hydrogens is 274 g/mol. The third-order valence-electron chi connectivity index (χ3n) is 4.64. The van der Waals surface area contributed by atoms with Crippen LogP contribution in [0.1, 0.15) is 44.8 Å². The lowest BCUT2D eigenvalue weighted by atomic mass is 10.1. The van der Waals surface area contributed by atoms with Crippen molar-refractivity contribution in [1.29, 1.82) is 0 Å². The number of hydrogen-bond acceptors (Lipinski definition) is 3. The number of sulfonamides is 1. The molecule has 2 fully saturated rings. The van der Waals surface area contributed by atoms with Gasteiger partial charge in [-0.25, -0.2) is 8.42 Å². The third-order valence-corrected chi connectivity index (χ3v) is 6.52. The van der Waals surface area contributed by atoms with Crippen LogP contribution in [0, 0.1) is 5.92 Å². The van der Waals surface area contributed by atoms with Crippen LogP contribution >= 0.6 is 0 Å². The maximum atomic E-state index is 12.8. The van der Waals surface area contributed by atoms with Crippen LogP contribution in [-0.4, -0.2) is 29.9 Å². The molecule has 0 amide bonds. The maximum Gasteiger partial charge on any atom is 0.244 e. The van der Waals surface area contributed by atoms with E-state index in [4.69, 9.17) is 5.73 Å². The lowest BCUT2D eigenvalue weighted by Crippen LogP contribution is -2.37. The van der Waals surface area contributed by atoms with E-state index in [1.54, 1.807) is 16.6 Å². The zero-order chi connectivity index (χ0) is 14.5. The first-order chi connectivity index (χ1) is 9.43.